The predicted molar refractivity (Wildman–Crippen MR) is 103 cm³/mol. The highest BCUT2D eigenvalue weighted by Gasteiger charge is 2.34. The Morgan fingerprint density at radius 2 is 1.68 bits per heavy atom. The summed E-state index contributed by atoms with van der Waals surface area (Å²) in [4.78, 5) is 12.3. The van der Waals surface area contributed by atoms with E-state index in [1.54, 1.807) is 0 Å². The van der Waals surface area contributed by atoms with Crippen molar-refractivity contribution >= 4 is 24.0 Å². The lowest BCUT2D eigenvalue weighted by Crippen LogP contribution is -2.45. The maximum atomic E-state index is 12.3. The summed E-state index contributed by atoms with van der Waals surface area (Å²) in [6.45, 7) is 2.12. The Bertz CT molecular complexity index is 668. The van der Waals surface area contributed by atoms with Gasteiger partial charge in [-0.25, -0.2) is 0 Å². The van der Waals surface area contributed by atoms with Crippen molar-refractivity contribution < 1.29 is 9.53 Å². The number of nitrogens with two attached hydrogens (primary N) is 1. The van der Waals surface area contributed by atoms with Crippen molar-refractivity contribution in [1.29, 1.82) is 0 Å². The van der Waals surface area contributed by atoms with Crippen molar-refractivity contribution in [1.82, 2.24) is 5.32 Å². The highest BCUT2D eigenvalue weighted by Crippen LogP contribution is 2.34. The molecule has 1 saturated heterocycles. The highest BCUT2D eigenvalue weighted by molar-refractivity contribution is 5.85. The van der Waals surface area contributed by atoms with Gasteiger partial charge in [0.15, 0.2) is 0 Å². The number of carbonyl (C=O) groups is 1. The molecule has 4 nitrogen and oxygen atoms in total. The fraction of sp³-hybridized carbons (Fsp3) is 0.350. The standard InChI is InChI=1S/C20H24N2O2.ClH/c21-18-8-6-16(7-9-18)14-19(23)22-15-20(10-12-24-13-11-20)17-4-2-1-3-5-17;/h1-9H,10-15,21H2,(H,22,23);1H. The van der Waals surface area contributed by atoms with Crippen molar-refractivity contribution in [2.24, 2.45) is 0 Å². The summed E-state index contributed by atoms with van der Waals surface area (Å²) in [6, 6.07) is 17.9. The van der Waals surface area contributed by atoms with Crippen LogP contribution >= 0.6 is 12.4 Å². The molecular formula is C20H25ClN2O2. The van der Waals surface area contributed by atoms with Crippen LogP contribution in [0.3, 0.4) is 0 Å². The SMILES string of the molecule is Cl.Nc1ccc(CC(=O)NCC2(c3ccccc3)CCOCC2)cc1. The molecule has 1 amide bonds. The molecule has 0 aliphatic carbocycles. The van der Waals surface area contributed by atoms with Crippen LogP contribution < -0.4 is 11.1 Å². The Morgan fingerprint density at radius 3 is 2.32 bits per heavy atom. The van der Waals surface area contributed by atoms with E-state index in [-0.39, 0.29) is 23.7 Å². The van der Waals surface area contributed by atoms with E-state index in [1.807, 2.05) is 30.3 Å². The summed E-state index contributed by atoms with van der Waals surface area (Å²) in [7, 11) is 0. The summed E-state index contributed by atoms with van der Waals surface area (Å²) in [5.74, 6) is 0.0431. The van der Waals surface area contributed by atoms with Gasteiger partial charge in [0, 0.05) is 30.9 Å². The van der Waals surface area contributed by atoms with E-state index in [4.69, 9.17) is 10.5 Å². The first-order chi connectivity index (χ1) is 11.7. The van der Waals surface area contributed by atoms with E-state index >= 15 is 0 Å². The minimum atomic E-state index is -0.0315. The maximum Gasteiger partial charge on any atom is 0.224 e. The summed E-state index contributed by atoms with van der Waals surface area (Å²) in [5, 5.41) is 3.13. The van der Waals surface area contributed by atoms with Gasteiger partial charge in [0.05, 0.1) is 6.42 Å². The molecule has 3 rings (SSSR count). The Balaban J connectivity index is 0.00000225. The van der Waals surface area contributed by atoms with Crippen molar-refractivity contribution in [3.05, 3.63) is 65.7 Å². The van der Waals surface area contributed by atoms with Gasteiger partial charge in [-0.05, 0) is 36.1 Å². The minimum absolute atomic E-state index is 0. The molecule has 0 aromatic heterocycles. The molecule has 0 saturated carbocycles. The van der Waals surface area contributed by atoms with Crippen LogP contribution in [0.2, 0.25) is 0 Å². The van der Waals surface area contributed by atoms with Gasteiger partial charge in [0.2, 0.25) is 5.91 Å². The molecule has 0 atom stereocenters. The van der Waals surface area contributed by atoms with E-state index in [0.717, 1.165) is 31.6 Å². The largest absolute Gasteiger partial charge is 0.399 e. The number of nitrogen functional groups attached to an aromatic ring is 1. The van der Waals surface area contributed by atoms with Crippen molar-refractivity contribution in [3.8, 4) is 0 Å². The first-order valence-electron chi connectivity index (χ1n) is 8.42. The zero-order valence-corrected chi connectivity index (χ0v) is 15.1. The summed E-state index contributed by atoms with van der Waals surface area (Å²) in [6.07, 6.45) is 2.24. The highest BCUT2D eigenvalue weighted by atomic mass is 35.5. The fourth-order valence-corrected chi connectivity index (χ4v) is 3.27. The number of nitrogens with one attached hydrogen (secondary N) is 1. The minimum Gasteiger partial charge on any atom is -0.399 e. The van der Waals surface area contributed by atoms with E-state index in [2.05, 4.69) is 29.6 Å². The van der Waals surface area contributed by atoms with Gasteiger partial charge in [-0.2, -0.15) is 0 Å². The van der Waals surface area contributed by atoms with Crippen LogP contribution in [0.15, 0.2) is 54.6 Å². The van der Waals surface area contributed by atoms with Gasteiger partial charge < -0.3 is 15.8 Å². The zero-order valence-electron chi connectivity index (χ0n) is 14.2. The van der Waals surface area contributed by atoms with E-state index in [1.165, 1.54) is 5.56 Å². The molecule has 0 radical (unpaired) electrons. The van der Waals surface area contributed by atoms with Crippen LogP contribution in [0, 0.1) is 0 Å². The second-order valence-corrected chi connectivity index (χ2v) is 6.45. The molecule has 1 fully saturated rings. The molecule has 0 unspecified atom stereocenters. The number of carbonyl (C=O) groups excluding carboxylic acids is 1. The molecule has 1 aliphatic rings. The Labute approximate surface area is 155 Å². The van der Waals surface area contributed by atoms with Crippen molar-refractivity contribution in [3.63, 3.8) is 0 Å². The van der Waals surface area contributed by atoms with Crippen molar-refractivity contribution in [2.75, 3.05) is 25.5 Å². The summed E-state index contributed by atoms with van der Waals surface area (Å²) < 4.78 is 5.54. The van der Waals surface area contributed by atoms with Gasteiger partial charge in [-0.3, -0.25) is 4.79 Å². The third kappa shape index (κ3) is 4.97. The van der Waals surface area contributed by atoms with Crippen molar-refractivity contribution in [2.45, 2.75) is 24.7 Å². The van der Waals surface area contributed by atoms with E-state index < -0.39 is 0 Å². The third-order valence-electron chi connectivity index (χ3n) is 4.80. The van der Waals surface area contributed by atoms with Gasteiger partial charge >= 0.3 is 0 Å². The fourth-order valence-electron chi connectivity index (χ4n) is 3.27. The lowest BCUT2D eigenvalue weighted by molar-refractivity contribution is -0.120. The molecule has 5 heteroatoms. The summed E-state index contributed by atoms with van der Waals surface area (Å²) in [5.41, 5.74) is 8.62. The first-order valence-corrected chi connectivity index (χ1v) is 8.42. The first kappa shape index (κ1) is 19.3. The quantitative estimate of drug-likeness (QED) is 0.805. The van der Waals surface area contributed by atoms with Crippen LogP contribution in [0.5, 0.6) is 0 Å². The van der Waals surface area contributed by atoms with Crippen LogP contribution in [-0.4, -0.2) is 25.7 Å². The maximum absolute atomic E-state index is 12.3. The number of benzene rings is 2. The van der Waals surface area contributed by atoms with Crippen LogP contribution in [0.25, 0.3) is 0 Å². The number of hydrogen-bond acceptors (Lipinski definition) is 3. The molecule has 0 spiro atoms. The van der Waals surface area contributed by atoms with E-state index in [9.17, 15) is 4.79 Å². The topological polar surface area (TPSA) is 64.4 Å². The molecule has 0 bridgehead atoms. The molecule has 3 N–H and O–H groups in total. The van der Waals surface area contributed by atoms with Crippen LogP contribution in [0.1, 0.15) is 24.0 Å². The number of amides is 1. The third-order valence-corrected chi connectivity index (χ3v) is 4.80. The zero-order chi connectivity index (χ0) is 16.8. The molecule has 2 aromatic carbocycles. The van der Waals surface area contributed by atoms with Crippen LogP contribution in [-0.2, 0) is 21.4 Å². The Morgan fingerprint density at radius 1 is 1.04 bits per heavy atom. The smallest absolute Gasteiger partial charge is 0.224 e. The van der Waals surface area contributed by atoms with Crippen LogP contribution in [0.4, 0.5) is 5.69 Å². The lowest BCUT2D eigenvalue weighted by Gasteiger charge is -2.38. The van der Waals surface area contributed by atoms with Gasteiger partial charge in [0.1, 0.15) is 0 Å². The number of anilines is 1. The molecule has 134 valence electrons. The monoisotopic (exact) mass is 360 g/mol. The number of hydrogen-bond donors (Lipinski definition) is 2. The van der Waals surface area contributed by atoms with Gasteiger partial charge in [-0.1, -0.05) is 42.5 Å². The number of halogens is 1. The lowest BCUT2D eigenvalue weighted by atomic mass is 9.74. The average Bonchev–Trinajstić information content (AvgIpc) is 2.63. The Kier molecular flexibility index (Phi) is 6.85. The van der Waals surface area contributed by atoms with Gasteiger partial charge in [0.25, 0.3) is 0 Å². The molecule has 1 aliphatic heterocycles. The van der Waals surface area contributed by atoms with Gasteiger partial charge in [-0.15, -0.1) is 12.4 Å². The molecule has 1 heterocycles. The molecule has 25 heavy (non-hydrogen) atoms. The second-order valence-electron chi connectivity index (χ2n) is 6.45. The predicted octanol–water partition coefficient (Wildman–Crippen LogP) is 3.10. The number of ether oxygens (including phenoxy) is 1. The van der Waals surface area contributed by atoms with E-state index in [0.29, 0.717) is 18.7 Å². The normalized spacial score (nSPS) is 15.8. The molecular weight excluding hydrogens is 336 g/mol. The summed E-state index contributed by atoms with van der Waals surface area (Å²) >= 11 is 0. The second kappa shape index (κ2) is 8.88. The molecule has 2 aromatic rings. The Hall–Kier alpha value is -2.04. The number of rotatable bonds is 5. The average molecular weight is 361 g/mol.